The summed E-state index contributed by atoms with van der Waals surface area (Å²) in [5.74, 6) is 0.510. The number of carboxylic acids is 2. The van der Waals surface area contributed by atoms with E-state index in [4.69, 9.17) is 79.9 Å². The Hall–Kier alpha value is -4.43. The summed E-state index contributed by atoms with van der Waals surface area (Å²) in [7, 11) is 0. The Morgan fingerprint density at radius 2 is 0.727 bits per heavy atom. The van der Waals surface area contributed by atoms with Crippen LogP contribution >= 0.6 is 133 Å². The van der Waals surface area contributed by atoms with E-state index >= 15 is 0 Å². The number of carboxylic acid groups (broad SMARTS) is 2. The van der Waals surface area contributed by atoms with Gasteiger partial charge in [-0.3, -0.25) is 19.8 Å². The zero-order chi connectivity index (χ0) is 76.3. The second-order valence-corrected chi connectivity index (χ2v) is 46.8. The molecule has 0 spiro atoms. The van der Waals surface area contributed by atoms with Gasteiger partial charge in [0.2, 0.25) is 17.1 Å². The molecule has 29 heteroatoms. The molecule has 11 aliphatic rings. The van der Waals surface area contributed by atoms with Gasteiger partial charge < -0.3 is 25.3 Å². The minimum Gasteiger partial charge on any atom is -0.477 e. The predicted molar refractivity (Wildman–Crippen MR) is 478 cm³/mol. The first kappa shape index (κ1) is 87.9. The van der Waals surface area contributed by atoms with E-state index < -0.39 is 11.9 Å². The molecule has 3 aromatic carbocycles. The molecule has 7 heterocycles. The van der Waals surface area contributed by atoms with Crippen LogP contribution in [0.25, 0.3) is 14.5 Å². The first-order valence-corrected chi connectivity index (χ1v) is 57.2. The number of aryl methyl sites for hydroxylation is 3. The number of carbonyl (C=O) groups excluding carboxylic acids is 1. The SMILES string of the molecule is C.I.II.I[I-]I.OC1CCCCC1.[C-]#[N+]c1ccc(N2N=C3c4ccc(C(=O)N5CCC(O)CC5)nc4CC[C@@H]3[C@@H]2C2CCCC2)cc1Cl.[C-]#[N+]c1ccc(N2N=C3c4ccc(C(=O)O)nc4CC[C@@H]3[C@@H]2C2CCCC2)cc1Cl.[C-]#[N+]c1ccc(N2N=C3c4ccc(C(=O)O)nc4CC[C@@H]3[C@@H]2C2CCCC2)cc1Cl. The van der Waals surface area contributed by atoms with Crippen LogP contribution in [0, 0.1) is 55.2 Å². The van der Waals surface area contributed by atoms with Gasteiger partial charge in [0.25, 0.3) is 5.91 Å². The van der Waals surface area contributed by atoms with Crippen molar-refractivity contribution in [2.45, 2.75) is 198 Å². The second kappa shape index (κ2) is 41.4. The monoisotopic (exact) mass is 2220 g/mol. The molecule has 584 valence electrons. The summed E-state index contributed by atoms with van der Waals surface area (Å²) in [5.41, 5.74) is 13.3. The number of amides is 1. The van der Waals surface area contributed by atoms with Crippen molar-refractivity contribution in [3.05, 3.63) is 191 Å². The van der Waals surface area contributed by atoms with Gasteiger partial charge in [0.1, 0.15) is 17.1 Å². The number of fused-ring (bicyclic) bond motifs is 9. The van der Waals surface area contributed by atoms with Gasteiger partial charge in [0, 0.05) is 99.8 Å². The topological polar surface area (TPSA) is 234 Å². The van der Waals surface area contributed by atoms with Gasteiger partial charge in [0.15, 0.2) is 0 Å². The number of hydrazone groups is 3. The molecule has 1 amide bonds. The third kappa shape index (κ3) is 20.0. The first-order chi connectivity index (χ1) is 52.5. The molecule has 6 aromatic rings. The summed E-state index contributed by atoms with van der Waals surface area (Å²) in [6.45, 7) is 23.0. The third-order valence-electron chi connectivity index (χ3n) is 23.2. The van der Waals surface area contributed by atoms with Gasteiger partial charge in [-0.1, -0.05) is 118 Å². The van der Waals surface area contributed by atoms with Crippen molar-refractivity contribution >= 4 is 202 Å². The molecule has 20 nitrogen and oxygen atoms in total. The number of benzene rings is 3. The zero-order valence-electron chi connectivity index (χ0n) is 59.9. The Balaban J connectivity index is 0.000000162. The van der Waals surface area contributed by atoms with Gasteiger partial charge >= 0.3 is 62.4 Å². The molecular formula is C81H89Cl3I6N13O7-. The zero-order valence-corrected chi connectivity index (χ0v) is 75.2. The molecule has 4 N–H and O–H groups in total. The summed E-state index contributed by atoms with van der Waals surface area (Å²) in [5, 5.41) is 60.2. The number of pyridine rings is 3. The van der Waals surface area contributed by atoms with Gasteiger partial charge in [-0.25, -0.2) is 39.1 Å². The van der Waals surface area contributed by atoms with Crippen molar-refractivity contribution in [1.29, 1.82) is 0 Å². The number of aliphatic hydroxyl groups is 2. The fourth-order valence-corrected chi connectivity index (χ4v) is 18.8. The molecule has 7 aliphatic carbocycles. The average molecular weight is 2220 g/mol. The number of likely N-dealkylation sites (tertiary alicyclic amines) is 1. The molecule has 17 rings (SSSR count). The number of halogens is 9. The fourth-order valence-electron chi connectivity index (χ4n) is 18.1. The van der Waals surface area contributed by atoms with E-state index in [0.717, 1.165) is 119 Å². The number of aromatic nitrogens is 3. The summed E-state index contributed by atoms with van der Waals surface area (Å²) < 4.78 is 0. The molecule has 0 radical (unpaired) electrons. The van der Waals surface area contributed by atoms with Crippen LogP contribution in [0.1, 0.15) is 214 Å². The Bertz CT molecular complexity index is 4350. The van der Waals surface area contributed by atoms with Crippen molar-refractivity contribution in [3.8, 4) is 0 Å². The van der Waals surface area contributed by atoms with Crippen molar-refractivity contribution in [2.24, 2.45) is 50.8 Å². The van der Waals surface area contributed by atoms with Crippen molar-refractivity contribution in [2.75, 3.05) is 28.1 Å². The summed E-state index contributed by atoms with van der Waals surface area (Å²) in [6.07, 6.45) is 26.6. The molecule has 110 heavy (non-hydrogen) atoms. The van der Waals surface area contributed by atoms with Gasteiger partial charge in [-0.2, -0.15) is 15.3 Å². The Labute approximate surface area is 730 Å². The number of carbonyl (C=O) groups is 3. The van der Waals surface area contributed by atoms with E-state index in [1.807, 2.05) is 60.7 Å². The normalized spacial score (nSPS) is 22.3. The number of hydrogen-bond donors (Lipinski definition) is 4. The molecule has 0 bridgehead atoms. The van der Waals surface area contributed by atoms with Crippen LogP contribution in [0.4, 0.5) is 34.1 Å². The number of aliphatic hydroxyl groups excluding tert-OH is 2. The molecule has 6 atom stereocenters. The molecule has 3 aromatic heterocycles. The van der Waals surface area contributed by atoms with Gasteiger partial charge in [-0.05, 0) is 193 Å². The van der Waals surface area contributed by atoms with E-state index in [1.54, 1.807) is 35.2 Å². The van der Waals surface area contributed by atoms with Crippen LogP contribution in [0.15, 0.2) is 106 Å². The number of piperidine rings is 1. The first-order valence-electron chi connectivity index (χ1n) is 37.3. The van der Waals surface area contributed by atoms with Crippen LogP contribution in [-0.4, -0.2) is 119 Å². The largest absolute Gasteiger partial charge is 0.477 e. The number of anilines is 3. The maximum atomic E-state index is 13.1. The summed E-state index contributed by atoms with van der Waals surface area (Å²) in [6, 6.07) is 28.2. The van der Waals surface area contributed by atoms with Crippen LogP contribution in [0.5, 0.6) is 0 Å². The maximum absolute atomic E-state index is 13.1. The Morgan fingerprint density at radius 1 is 0.436 bits per heavy atom. The van der Waals surface area contributed by atoms with E-state index in [0.29, 0.717) is 101 Å². The van der Waals surface area contributed by atoms with Crippen LogP contribution in [0.3, 0.4) is 0 Å². The smallest absolute Gasteiger partial charge is 0.354 e. The van der Waals surface area contributed by atoms with E-state index in [9.17, 15) is 29.7 Å². The standard InChI is InChI=1S/C28H30ClN5O2.2C23H21ClN4O2.C6H12O.CH4.I3.I2.HI/c1-30-24-9-6-18(16-22(24)29)34-27(17-4-2-3-5-17)21-8-10-23-20(26(21)32-34)7-11-25(31-23)28(36)33-14-12-19(35)13-15-33;2*1-25-19-9-6-14(12-17(19)24)28-22(13-4-2-3-5-13)16-8-10-18-15(21(16)27-28)7-11-20(26-18)23(29)30;7-6-4-2-1-3-5-6;;1-3-2;1-2;/h6-7,9,11,16-17,19,21,27,35H,2-5,8,10,12-15H2;2*6-7,9,11-13,16,22H,2-5,8,10H2,(H,29,30);6-7H,1-5H2;1H4;;;1H/q;;;;;-1;;/t21-,27-;2*16-,22-;;;;;/m000...../s1. The van der Waals surface area contributed by atoms with Crippen molar-refractivity contribution < 1.29 is 48.1 Å². The molecule has 5 fully saturated rings. The second-order valence-electron chi connectivity index (χ2n) is 29.3. The van der Waals surface area contributed by atoms with E-state index in [1.165, 1.54) is 96.3 Å². The third-order valence-corrected chi connectivity index (χ3v) is 24.1. The minimum absolute atomic E-state index is 0. The molecule has 4 aliphatic heterocycles. The Morgan fingerprint density at radius 3 is 1.01 bits per heavy atom. The molecule has 0 unspecified atom stereocenters. The summed E-state index contributed by atoms with van der Waals surface area (Å²) >= 11 is 28.6. The number of nitrogens with zero attached hydrogens (tertiary/aromatic N) is 13. The van der Waals surface area contributed by atoms with E-state index in [-0.39, 0.29) is 90.9 Å². The fraction of sp³-hybridized carbons (Fsp3) is 0.481. The van der Waals surface area contributed by atoms with E-state index in [2.05, 4.69) is 114 Å². The molecular weight excluding hydrogens is 2130 g/mol. The predicted octanol–water partition coefficient (Wildman–Crippen LogP) is 19.0. The minimum atomic E-state index is -1.01. The molecule has 4 saturated carbocycles. The molecule has 1 saturated heterocycles. The van der Waals surface area contributed by atoms with Crippen LogP contribution < -0.4 is 28.3 Å². The van der Waals surface area contributed by atoms with Crippen molar-refractivity contribution in [3.63, 3.8) is 0 Å². The van der Waals surface area contributed by atoms with Crippen LogP contribution in [-0.2, 0) is 19.3 Å². The van der Waals surface area contributed by atoms with Gasteiger partial charge in [-0.15, -0.1) is 24.0 Å². The number of rotatable bonds is 9. The number of hydrogen-bond acceptors (Lipinski definition) is 14. The van der Waals surface area contributed by atoms with Crippen LogP contribution in [0.2, 0.25) is 15.1 Å². The Kier molecular flexibility index (Phi) is 33.1. The average Bonchev–Trinajstić information content (AvgIpc) is 1.60. The number of aromatic carboxylic acids is 2. The maximum Gasteiger partial charge on any atom is 0.354 e. The van der Waals surface area contributed by atoms with Gasteiger partial charge in [0.05, 0.1) is 101 Å². The van der Waals surface area contributed by atoms with Crippen molar-refractivity contribution in [1.82, 2.24) is 19.9 Å². The summed E-state index contributed by atoms with van der Waals surface area (Å²) in [4.78, 5) is 61.5. The quantitative estimate of drug-likeness (QED) is 0.0780.